The second-order valence-corrected chi connectivity index (χ2v) is 6.72. The van der Waals surface area contributed by atoms with Gasteiger partial charge in [-0.15, -0.1) is 0 Å². The molecular weight excluding hydrogens is 318 g/mol. The molecule has 0 atom stereocenters. The van der Waals surface area contributed by atoms with Crippen molar-refractivity contribution < 1.29 is 18.0 Å². The summed E-state index contributed by atoms with van der Waals surface area (Å²) in [5.41, 5.74) is 0.135. The van der Waals surface area contributed by atoms with Crippen molar-refractivity contribution >= 4 is 39.1 Å². The largest absolute Gasteiger partial charge is 0.347 e. The van der Waals surface area contributed by atoms with Crippen molar-refractivity contribution in [1.29, 1.82) is 0 Å². The van der Waals surface area contributed by atoms with E-state index in [0.29, 0.717) is 0 Å². The summed E-state index contributed by atoms with van der Waals surface area (Å²) >= 11 is 5.81. The Hall–Kier alpha value is -1.80. The SMILES string of the molecule is CN(C)C(=O)CNC(=O)c1cc(Cl)ccc1NS(C)(=O)=O. The molecule has 1 aromatic rings. The Kier molecular flexibility index (Phi) is 5.56. The molecule has 0 unspecified atom stereocenters. The number of likely N-dealkylation sites (N-methyl/N-ethyl adjacent to an activating group) is 1. The summed E-state index contributed by atoms with van der Waals surface area (Å²) < 4.78 is 24.8. The van der Waals surface area contributed by atoms with Crippen LogP contribution in [0.1, 0.15) is 10.4 Å². The van der Waals surface area contributed by atoms with Crippen LogP contribution in [0.5, 0.6) is 0 Å². The third kappa shape index (κ3) is 5.60. The molecule has 0 aliphatic carbocycles. The molecule has 9 heteroatoms. The van der Waals surface area contributed by atoms with E-state index in [2.05, 4.69) is 10.0 Å². The van der Waals surface area contributed by atoms with E-state index in [1.807, 2.05) is 0 Å². The summed E-state index contributed by atoms with van der Waals surface area (Å²) in [6, 6.07) is 4.16. The van der Waals surface area contributed by atoms with Gasteiger partial charge in [-0.1, -0.05) is 11.6 Å². The number of hydrogen-bond acceptors (Lipinski definition) is 4. The minimum absolute atomic E-state index is 0.0412. The van der Waals surface area contributed by atoms with Crippen LogP contribution in [0.15, 0.2) is 18.2 Å². The molecule has 0 spiro atoms. The van der Waals surface area contributed by atoms with Gasteiger partial charge in [0.2, 0.25) is 15.9 Å². The fourth-order valence-corrected chi connectivity index (χ4v) is 2.15. The van der Waals surface area contributed by atoms with E-state index in [9.17, 15) is 18.0 Å². The number of rotatable bonds is 5. The lowest BCUT2D eigenvalue weighted by atomic mass is 10.1. The smallest absolute Gasteiger partial charge is 0.253 e. The quantitative estimate of drug-likeness (QED) is 0.821. The highest BCUT2D eigenvalue weighted by atomic mass is 35.5. The van der Waals surface area contributed by atoms with Crippen molar-refractivity contribution in [2.24, 2.45) is 0 Å². The lowest BCUT2D eigenvalue weighted by Crippen LogP contribution is -2.36. The first-order valence-electron chi connectivity index (χ1n) is 5.86. The van der Waals surface area contributed by atoms with Gasteiger partial charge in [-0.25, -0.2) is 8.42 Å². The van der Waals surface area contributed by atoms with Crippen LogP contribution in [0, 0.1) is 0 Å². The number of hydrogen-bond donors (Lipinski definition) is 2. The second kappa shape index (κ2) is 6.77. The first-order chi connectivity index (χ1) is 9.60. The number of carbonyl (C=O) groups excluding carboxylic acids is 2. The van der Waals surface area contributed by atoms with E-state index >= 15 is 0 Å². The van der Waals surface area contributed by atoms with Gasteiger partial charge in [0.15, 0.2) is 0 Å². The number of halogens is 1. The Morgan fingerprint density at radius 3 is 2.43 bits per heavy atom. The molecule has 0 fully saturated rings. The van der Waals surface area contributed by atoms with Crippen LogP contribution in [-0.4, -0.2) is 52.0 Å². The van der Waals surface area contributed by atoms with Crippen LogP contribution in [0.25, 0.3) is 0 Å². The molecule has 0 aliphatic heterocycles. The number of anilines is 1. The average Bonchev–Trinajstić information content (AvgIpc) is 2.35. The van der Waals surface area contributed by atoms with Gasteiger partial charge >= 0.3 is 0 Å². The first-order valence-corrected chi connectivity index (χ1v) is 8.13. The van der Waals surface area contributed by atoms with Gasteiger partial charge in [0.05, 0.1) is 24.1 Å². The van der Waals surface area contributed by atoms with Crippen LogP contribution in [0.3, 0.4) is 0 Å². The second-order valence-electron chi connectivity index (χ2n) is 4.53. The molecule has 0 bridgehead atoms. The van der Waals surface area contributed by atoms with Gasteiger partial charge in [0.1, 0.15) is 0 Å². The maximum absolute atomic E-state index is 12.1. The van der Waals surface area contributed by atoms with E-state index in [1.54, 1.807) is 14.1 Å². The maximum atomic E-state index is 12.1. The molecule has 0 aromatic heterocycles. The Morgan fingerprint density at radius 1 is 1.29 bits per heavy atom. The number of carbonyl (C=O) groups is 2. The van der Waals surface area contributed by atoms with Crippen molar-refractivity contribution in [3.8, 4) is 0 Å². The molecule has 2 N–H and O–H groups in total. The number of amides is 2. The molecule has 1 aromatic carbocycles. The zero-order valence-electron chi connectivity index (χ0n) is 11.8. The molecule has 116 valence electrons. The molecule has 1 rings (SSSR count). The fourth-order valence-electron chi connectivity index (χ4n) is 1.40. The minimum atomic E-state index is -3.54. The normalized spacial score (nSPS) is 10.9. The van der Waals surface area contributed by atoms with Gasteiger partial charge in [-0.05, 0) is 18.2 Å². The summed E-state index contributed by atoms with van der Waals surface area (Å²) in [6.45, 7) is -0.198. The molecule has 21 heavy (non-hydrogen) atoms. The molecule has 0 saturated heterocycles. The number of sulfonamides is 1. The van der Waals surface area contributed by atoms with E-state index in [4.69, 9.17) is 11.6 Å². The zero-order valence-corrected chi connectivity index (χ0v) is 13.4. The average molecular weight is 334 g/mol. The maximum Gasteiger partial charge on any atom is 0.253 e. The molecule has 0 saturated carbocycles. The standard InChI is InChI=1S/C12H16ClN3O4S/c1-16(2)11(17)7-14-12(18)9-6-8(13)4-5-10(9)15-21(3,19)20/h4-6,15H,7H2,1-3H3,(H,14,18). The van der Waals surface area contributed by atoms with Gasteiger partial charge in [0.25, 0.3) is 5.91 Å². The number of nitrogens with one attached hydrogen (secondary N) is 2. The van der Waals surface area contributed by atoms with Gasteiger partial charge in [-0.2, -0.15) is 0 Å². The fraction of sp³-hybridized carbons (Fsp3) is 0.333. The Bertz CT molecular complexity index is 658. The lowest BCUT2D eigenvalue weighted by Gasteiger charge is -2.13. The van der Waals surface area contributed by atoms with Gasteiger partial charge < -0.3 is 10.2 Å². The highest BCUT2D eigenvalue weighted by molar-refractivity contribution is 7.92. The van der Waals surface area contributed by atoms with Crippen molar-refractivity contribution in [2.75, 3.05) is 31.6 Å². The van der Waals surface area contributed by atoms with E-state index in [0.717, 1.165) is 6.26 Å². The molecule has 0 heterocycles. The molecule has 0 aliphatic rings. The predicted molar refractivity (Wildman–Crippen MR) is 80.9 cm³/mol. The molecule has 0 radical (unpaired) electrons. The first kappa shape index (κ1) is 17.3. The highest BCUT2D eigenvalue weighted by Gasteiger charge is 2.16. The van der Waals surface area contributed by atoms with Crippen molar-refractivity contribution in [3.05, 3.63) is 28.8 Å². The highest BCUT2D eigenvalue weighted by Crippen LogP contribution is 2.21. The Labute approximate surface area is 128 Å². The predicted octanol–water partition coefficient (Wildman–Crippen LogP) is 0.529. The van der Waals surface area contributed by atoms with Gasteiger partial charge in [-0.3, -0.25) is 14.3 Å². The summed E-state index contributed by atoms with van der Waals surface area (Å²) in [7, 11) is -0.419. The van der Waals surface area contributed by atoms with Crippen LogP contribution < -0.4 is 10.0 Å². The topological polar surface area (TPSA) is 95.6 Å². The Balaban J connectivity index is 2.97. The number of nitrogens with zero attached hydrogens (tertiary/aromatic N) is 1. The molecule has 2 amide bonds. The summed E-state index contributed by atoms with van der Waals surface area (Å²) in [5.74, 6) is -0.887. The summed E-state index contributed by atoms with van der Waals surface area (Å²) in [4.78, 5) is 24.8. The van der Waals surface area contributed by atoms with E-state index in [1.165, 1.54) is 23.1 Å². The van der Waals surface area contributed by atoms with Crippen LogP contribution in [0.4, 0.5) is 5.69 Å². The minimum Gasteiger partial charge on any atom is -0.347 e. The van der Waals surface area contributed by atoms with Crippen molar-refractivity contribution in [2.45, 2.75) is 0 Å². The summed E-state index contributed by atoms with van der Waals surface area (Å²) in [5, 5.41) is 2.69. The monoisotopic (exact) mass is 333 g/mol. The van der Waals surface area contributed by atoms with E-state index < -0.39 is 15.9 Å². The van der Waals surface area contributed by atoms with Crippen LogP contribution in [-0.2, 0) is 14.8 Å². The molecule has 7 nitrogen and oxygen atoms in total. The third-order valence-electron chi connectivity index (χ3n) is 2.42. The lowest BCUT2D eigenvalue weighted by molar-refractivity contribution is -0.127. The van der Waals surface area contributed by atoms with Crippen LogP contribution >= 0.6 is 11.6 Å². The van der Waals surface area contributed by atoms with Gasteiger partial charge in [0, 0.05) is 19.1 Å². The van der Waals surface area contributed by atoms with Crippen molar-refractivity contribution in [1.82, 2.24) is 10.2 Å². The summed E-state index contributed by atoms with van der Waals surface area (Å²) in [6.07, 6.45) is 0.971. The Morgan fingerprint density at radius 2 is 1.90 bits per heavy atom. The zero-order chi connectivity index (χ0) is 16.2. The third-order valence-corrected chi connectivity index (χ3v) is 3.25. The van der Waals surface area contributed by atoms with E-state index in [-0.39, 0.29) is 28.7 Å². The number of benzene rings is 1. The van der Waals surface area contributed by atoms with Crippen molar-refractivity contribution in [3.63, 3.8) is 0 Å². The molecular formula is C12H16ClN3O4S. The van der Waals surface area contributed by atoms with Crippen LogP contribution in [0.2, 0.25) is 5.02 Å².